The van der Waals surface area contributed by atoms with Crippen LogP contribution in [0.4, 0.5) is 0 Å². The minimum atomic E-state index is 0.00771. The van der Waals surface area contributed by atoms with E-state index in [9.17, 15) is 0 Å². The summed E-state index contributed by atoms with van der Waals surface area (Å²) in [6.07, 6.45) is 1.97. The molecule has 0 spiro atoms. The van der Waals surface area contributed by atoms with Gasteiger partial charge in [0.25, 0.3) is 0 Å². The van der Waals surface area contributed by atoms with Gasteiger partial charge >= 0.3 is 0 Å². The van der Waals surface area contributed by atoms with Crippen LogP contribution in [0.1, 0.15) is 26.5 Å². The van der Waals surface area contributed by atoms with Crippen LogP contribution in [0.15, 0.2) is 33.2 Å². The van der Waals surface area contributed by atoms with Crippen LogP contribution < -0.4 is 5.84 Å². The number of nitrogens with two attached hydrogens (primary N) is 1. The summed E-state index contributed by atoms with van der Waals surface area (Å²) in [5.74, 6) is 6.78. The second-order valence-corrected chi connectivity index (χ2v) is 9.34. The lowest BCUT2D eigenvalue weighted by atomic mass is 9.93. The van der Waals surface area contributed by atoms with E-state index < -0.39 is 0 Å². The Bertz CT molecular complexity index is 956. The Morgan fingerprint density at radius 3 is 2.75 bits per heavy atom. The summed E-state index contributed by atoms with van der Waals surface area (Å²) in [6, 6.07) is 3.93. The first kappa shape index (κ1) is 15.6. The van der Waals surface area contributed by atoms with Gasteiger partial charge in [0.05, 0.1) is 16.8 Å². The molecule has 4 rings (SSSR count). The second kappa shape index (κ2) is 5.57. The maximum absolute atomic E-state index is 6.13. The molecule has 0 atom stereocenters. The maximum Gasteiger partial charge on any atom is 0.217 e. The van der Waals surface area contributed by atoms with Crippen LogP contribution in [0.25, 0.3) is 15.7 Å². The van der Waals surface area contributed by atoms with Crippen LogP contribution >= 0.6 is 34.4 Å². The van der Waals surface area contributed by atoms with Crippen molar-refractivity contribution >= 4 is 39.4 Å². The van der Waals surface area contributed by atoms with Crippen LogP contribution in [0.2, 0.25) is 0 Å². The molecule has 0 aliphatic carbocycles. The van der Waals surface area contributed by atoms with E-state index in [2.05, 4.69) is 41.1 Å². The number of rotatable bonds is 3. The molecule has 4 aromatic rings. The molecule has 0 radical (unpaired) electrons. The predicted octanol–water partition coefficient (Wildman–Crippen LogP) is 3.27. The smallest absolute Gasteiger partial charge is 0.217 e. The molecule has 0 bridgehead atoms. The summed E-state index contributed by atoms with van der Waals surface area (Å²) in [5.41, 5.74) is 1.04. The molecular weight excluding hydrogens is 362 g/mol. The Kier molecular flexibility index (Phi) is 3.62. The SMILES string of the molecule is CC(C)(C)c1cn2nc(Sc3nnc(-c4cccs4)n3N)sc2n1. The van der Waals surface area contributed by atoms with E-state index in [-0.39, 0.29) is 5.41 Å². The van der Waals surface area contributed by atoms with Crippen molar-refractivity contribution in [3.8, 4) is 10.7 Å². The largest absolute Gasteiger partial charge is 0.335 e. The Morgan fingerprint density at radius 2 is 2.08 bits per heavy atom. The van der Waals surface area contributed by atoms with E-state index in [4.69, 9.17) is 5.84 Å². The van der Waals surface area contributed by atoms with Gasteiger partial charge in [-0.3, -0.25) is 0 Å². The number of nitrogen functional groups attached to an aromatic ring is 1. The quantitative estimate of drug-likeness (QED) is 0.551. The summed E-state index contributed by atoms with van der Waals surface area (Å²) >= 11 is 4.48. The average Bonchev–Trinajstić information content (AvgIpc) is 3.23. The molecule has 0 aromatic carbocycles. The third-order valence-electron chi connectivity index (χ3n) is 3.38. The maximum atomic E-state index is 6.13. The van der Waals surface area contributed by atoms with Crippen molar-refractivity contribution in [1.82, 2.24) is 29.5 Å². The Morgan fingerprint density at radius 1 is 1.25 bits per heavy atom. The van der Waals surface area contributed by atoms with E-state index in [1.165, 1.54) is 27.8 Å². The summed E-state index contributed by atoms with van der Waals surface area (Å²) in [6.45, 7) is 6.41. The van der Waals surface area contributed by atoms with E-state index in [1.807, 2.05) is 28.2 Å². The third-order valence-corrected chi connectivity index (χ3v) is 6.18. The van der Waals surface area contributed by atoms with Crippen molar-refractivity contribution in [3.63, 3.8) is 0 Å². The first-order chi connectivity index (χ1) is 11.4. The molecule has 0 aliphatic rings. The van der Waals surface area contributed by atoms with Crippen LogP contribution in [-0.4, -0.2) is 29.5 Å². The zero-order valence-electron chi connectivity index (χ0n) is 13.3. The lowest BCUT2D eigenvalue weighted by Gasteiger charge is -2.13. The van der Waals surface area contributed by atoms with Gasteiger partial charge in [-0.25, -0.2) is 14.2 Å². The predicted molar refractivity (Wildman–Crippen MR) is 97.2 cm³/mol. The van der Waals surface area contributed by atoms with Gasteiger partial charge in [-0.2, -0.15) is 0 Å². The van der Waals surface area contributed by atoms with Gasteiger partial charge in [-0.1, -0.05) is 38.2 Å². The molecule has 0 aliphatic heterocycles. The first-order valence-electron chi connectivity index (χ1n) is 7.21. The Labute approximate surface area is 150 Å². The first-order valence-corrected chi connectivity index (χ1v) is 9.72. The topological polar surface area (TPSA) is 86.9 Å². The minimum Gasteiger partial charge on any atom is -0.335 e. The molecule has 4 heterocycles. The highest BCUT2D eigenvalue weighted by molar-refractivity contribution is 8.01. The molecule has 10 heteroatoms. The molecule has 2 N–H and O–H groups in total. The number of nitrogens with zero attached hydrogens (tertiary/aromatic N) is 6. The van der Waals surface area contributed by atoms with Gasteiger partial charge in [0, 0.05) is 5.41 Å². The van der Waals surface area contributed by atoms with Crippen LogP contribution in [0, 0.1) is 0 Å². The van der Waals surface area contributed by atoms with E-state index >= 15 is 0 Å². The van der Waals surface area contributed by atoms with Crippen molar-refractivity contribution in [2.75, 3.05) is 5.84 Å². The monoisotopic (exact) mass is 377 g/mol. The lowest BCUT2D eigenvalue weighted by Crippen LogP contribution is -2.11. The zero-order chi connectivity index (χ0) is 16.9. The van der Waals surface area contributed by atoms with Crippen molar-refractivity contribution in [1.29, 1.82) is 0 Å². The lowest BCUT2D eigenvalue weighted by molar-refractivity contribution is 0.572. The molecular formula is C14H15N7S3. The average molecular weight is 378 g/mol. The highest BCUT2D eigenvalue weighted by atomic mass is 32.2. The van der Waals surface area contributed by atoms with Gasteiger partial charge in [-0.05, 0) is 23.2 Å². The number of aromatic nitrogens is 6. The zero-order valence-corrected chi connectivity index (χ0v) is 15.7. The van der Waals surface area contributed by atoms with Crippen molar-refractivity contribution < 1.29 is 0 Å². The highest BCUT2D eigenvalue weighted by Gasteiger charge is 2.21. The molecule has 0 saturated heterocycles. The summed E-state index contributed by atoms with van der Waals surface area (Å²) in [4.78, 5) is 6.50. The Balaban J connectivity index is 1.62. The number of hydrogen-bond acceptors (Lipinski definition) is 8. The summed E-state index contributed by atoms with van der Waals surface area (Å²) < 4.78 is 4.14. The molecule has 24 heavy (non-hydrogen) atoms. The molecule has 0 amide bonds. The molecule has 7 nitrogen and oxygen atoms in total. The van der Waals surface area contributed by atoms with E-state index in [0.29, 0.717) is 11.0 Å². The number of thiophene rings is 1. The van der Waals surface area contributed by atoms with Gasteiger partial charge in [0.2, 0.25) is 10.1 Å². The molecule has 0 unspecified atom stereocenters. The van der Waals surface area contributed by atoms with Gasteiger partial charge in [-0.15, -0.1) is 26.6 Å². The van der Waals surface area contributed by atoms with Gasteiger partial charge in [0.1, 0.15) is 0 Å². The number of fused-ring (bicyclic) bond motifs is 1. The van der Waals surface area contributed by atoms with Crippen LogP contribution in [0.3, 0.4) is 0 Å². The van der Waals surface area contributed by atoms with E-state index in [1.54, 1.807) is 11.3 Å². The molecule has 0 fully saturated rings. The van der Waals surface area contributed by atoms with Gasteiger partial charge < -0.3 is 5.84 Å². The van der Waals surface area contributed by atoms with Gasteiger partial charge in [0.15, 0.2) is 10.2 Å². The molecule has 124 valence electrons. The van der Waals surface area contributed by atoms with Crippen molar-refractivity contribution in [2.45, 2.75) is 35.7 Å². The minimum absolute atomic E-state index is 0.00771. The standard InChI is InChI=1S/C14H15N7S3/c1-14(2,3)9-7-20-11(16-9)23-13(19-20)24-12-18-17-10(21(12)15)8-5-4-6-22-8/h4-7H,15H2,1-3H3. The van der Waals surface area contributed by atoms with Crippen LogP contribution in [0.5, 0.6) is 0 Å². The number of hydrogen-bond donors (Lipinski definition) is 1. The molecule has 4 aromatic heterocycles. The fraction of sp³-hybridized carbons (Fsp3) is 0.286. The van der Waals surface area contributed by atoms with Crippen molar-refractivity contribution in [3.05, 3.63) is 29.4 Å². The van der Waals surface area contributed by atoms with E-state index in [0.717, 1.165) is 19.9 Å². The number of imidazole rings is 1. The summed E-state index contributed by atoms with van der Waals surface area (Å²) in [5, 5.41) is 15.5. The molecule has 0 saturated carbocycles. The summed E-state index contributed by atoms with van der Waals surface area (Å²) in [7, 11) is 0. The van der Waals surface area contributed by atoms with Crippen LogP contribution in [-0.2, 0) is 5.41 Å². The Hall–Kier alpha value is -1.91. The van der Waals surface area contributed by atoms with Crippen molar-refractivity contribution in [2.24, 2.45) is 0 Å². The normalized spacial score (nSPS) is 12.3. The fourth-order valence-corrected chi connectivity index (χ4v) is 4.57. The third kappa shape index (κ3) is 2.70. The fourth-order valence-electron chi connectivity index (χ4n) is 2.08. The highest BCUT2D eigenvalue weighted by Crippen LogP contribution is 2.33. The second-order valence-electron chi connectivity index (χ2n) is 6.23.